The summed E-state index contributed by atoms with van der Waals surface area (Å²) < 4.78 is 18.8. The smallest absolute Gasteiger partial charge is 0.254 e. The van der Waals surface area contributed by atoms with Crippen molar-refractivity contribution < 1.29 is 13.9 Å². The molecule has 1 saturated heterocycles. The van der Waals surface area contributed by atoms with Crippen molar-refractivity contribution in [3.63, 3.8) is 0 Å². The summed E-state index contributed by atoms with van der Waals surface area (Å²) in [5.41, 5.74) is 0.380. The highest BCUT2D eigenvalue weighted by Gasteiger charge is 2.21. The van der Waals surface area contributed by atoms with Crippen molar-refractivity contribution >= 4 is 5.91 Å². The van der Waals surface area contributed by atoms with Crippen molar-refractivity contribution in [2.75, 3.05) is 39.8 Å². The number of nitrogens with zero attached hydrogens (tertiary/aromatic N) is 2. The molecule has 1 amide bonds. The lowest BCUT2D eigenvalue weighted by atomic mass is 10.1. The van der Waals surface area contributed by atoms with Gasteiger partial charge in [0.2, 0.25) is 0 Å². The van der Waals surface area contributed by atoms with Crippen LogP contribution in [-0.2, 0) is 0 Å². The van der Waals surface area contributed by atoms with Gasteiger partial charge in [0.15, 0.2) is 11.6 Å². The summed E-state index contributed by atoms with van der Waals surface area (Å²) >= 11 is 0. The molecule has 4 nitrogen and oxygen atoms in total. The van der Waals surface area contributed by atoms with Crippen LogP contribution < -0.4 is 4.74 Å². The highest BCUT2D eigenvalue weighted by Crippen LogP contribution is 2.19. The maximum absolute atomic E-state index is 13.7. The third kappa shape index (κ3) is 3.23. The Bertz CT molecular complexity index is 457. The van der Waals surface area contributed by atoms with Crippen molar-refractivity contribution in [3.8, 4) is 5.75 Å². The number of hydrogen-bond donors (Lipinski definition) is 0. The van der Waals surface area contributed by atoms with Gasteiger partial charge in [0.1, 0.15) is 0 Å². The molecule has 0 saturated carbocycles. The number of piperazine rings is 1. The van der Waals surface area contributed by atoms with Crippen molar-refractivity contribution in [1.29, 1.82) is 0 Å². The molecular formula is C14H19FN2O2. The topological polar surface area (TPSA) is 32.8 Å². The molecule has 1 aromatic carbocycles. The molecule has 1 aliphatic heterocycles. The fourth-order valence-electron chi connectivity index (χ4n) is 2.10. The zero-order valence-electron chi connectivity index (χ0n) is 11.4. The lowest BCUT2D eigenvalue weighted by molar-refractivity contribution is 0.0663. The molecule has 0 aromatic heterocycles. The number of rotatable bonds is 3. The van der Waals surface area contributed by atoms with Gasteiger partial charge in [-0.2, -0.15) is 0 Å². The van der Waals surface area contributed by atoms with E-state index in [4.69, 9.17) is 4.74 Å². The summed E-state index contributed by atoms with van der Waals surface area (Å²) in [5, 5.41) is 0. The Kier molecular flexibility index (Phi) is 4.37. The lowest BCUT2D eigenvalue weighted by Crippen LogP contribution is -2.47. The minimum absolute atomic E-state index is 0.116. The zero-order chi connectivity index (χ0) is 13.8. The first-order valence-corrected chi connectivity index (χ1v) is 6.52. The van der Waals surface area contributed by atoms with Gasteiger partial charge in [-0.25, -0.2) is 4.39 Å². The Morgan fingerprint density at radius 3 is 2.58 bits per heavy atom. The zero-order valence-corrected chi connectivity index (χ0v) is 11.4. The number of amides is 1. The van der Waals surface area contributed by atoms with Gasteiger partial charge in [-0.3, -0.25) is 4.79 Å². The molecule has 0 bridgehead atoms. The van der Waals surface area contributed by atoms with Crippen LogP contribution in [0.15, 0.2) is 18.2 Å². The largest absolute Gasteiger partial charge is 0.491 e. The Morgan fingerprint density at radius 2 is 2.00 bits per heavy atom. The van der Waals surface area contributed by atoms with E-state index >= 15 is 0 Å². The van der Waals surface area contributed by atoms with Crippen molar-refractivity contribution in [2.24, 2.45) is 0 Å². The van der Waals surface area contributed by atoms with Crippen LogP contribution in [0.5, 0.6) is 5.75 Å². The van der Waals surface area contributed by atoms with Gasteiger partial charge in [-0.15, -0.1) is 0 Å². The summed E-state index contributed by atoms with van der Waals surface area (Å²) in [6, 6.07) is 4.39. The van der Waals surface area contributed by atoms with Gasteiger partial charge in [-0.05, 0) is 32.2 Å². The molecule has 0 radical (unpaired) electrons. The molecule has 0 atom stereocenters. The predicted molar refractivity (Wildman–Crippen MR) is 71.0 cm³/mol. The summed E-state index contributed by atoms with van der Waals surface area (Å²) in [7, 11) is 2.03. The summed E-state index contributed by atoms with van der Waals surface area (Å²) in [5.74, 6) is -0.408. The average molecular weight is 266 g/mol. The number of carbonyl (C=O) groups excluding carboxylic acids is 1. The number of carbonyl (C=O) groups is 1. The van der Waals surface area contributed by atoms with E-state index in [0.29, 0.717) is 25.3 Å². The fraction of sp³-hybridized carbons (Fsp3) is 0.500. The maximum Gasteiger partial charge on any atom is 0.254 e. The van der Waals surface area contributed by atoms with Crippen LogP contribution in [0, 0.1) is 5.82 Å². The minimum Gasteiger partial charge on any atom is -0.491 e. The summed E-state index contributed by atoms with van der Waals surface area (Å²) in [6.07, 6.45) is 0. The van der Waals surface area contributed by atoms with Crippen molar-refractivity contribution in [3.05, 3.63) is 29.6 Å². The van der Waals surface area contributed by atoms with Crippen LogP contribution in [0.3, 0.4) is 0 Å². The van der Waals surface area contributed by atoms with Gasteiger partial charge in [0.05, 0.1) is 6.61 Å². The van der Waals surface area contributed by atoms with Crippen LogP contribution in [0.25, 0.3) is 0 Å². The van der Waals surface area contributed by atoms with Crippen molar-refractivity contribution in [1.82, 2.24) is 9.80 Å². The molecule has 5 heteroatoms. The van der Waals surface area contributed by atoms with Crippen LogP contribution in [-0.4, -0.2) is 55.5 Å². The monoisotopic (exact) mass is 266 g/mol. The molecule has 2 rings (SSSR count). The third-order valence-corrected chi connectivity index (χ3v) is 3.27. The molecule has 104 valence electrons. The van der Waals surface area contributed by atoms with E-state index in [1.807, 2.05) is 7.05 Å². The van der Waals surface area contributed by atoms with Gasteiger partial charge < -0.3 is 14.5 Å². The van der Waals surface area contributed by atoms with E-state index in [0.717, 1.165) is 13.1 Å². The first kappa shape index (κ1) is 13.8. The number of halogens is 1. The number of benzene rings is 1. The second kappa shape index (κ2) is 6.02. The van der Waals surface area contributed by atoms with E-state index in [1.54, 1.807) is 17.9 Å². The number of likely N-dealkylation sites (N-methyl/N-ethyl adjacent to an activating group) is 1. The van der Waals surface area contributed by atoms with E-state index < -0.39 is 5.82 Å². The maximum atomic E-state index is 13.7. The lowest BCUT2D eigenvalue weighted by Gasteiger charge is -2.32. The van der Waals surface area contributed by atoms with Gasteiger partial charge in [0.25, 0.3) is 5.91 Å². The SMILES string of the molecule is CCOc1ccc(C(=O)N2CCN(C)CC2)cc1F. The average Bonchev–Trinajstić information content (AvgIpc) is 2.41. The normalized spacial score (nSPS) is 16.5. The molecule has 0 unspecified atom stereocenters. The standard InChI is InChI=1S/C14H19FN2O2/c1-3-19-13-5-4-11(10-12(13)15)14(18)17-8-6-16(2)7-9-17/h4-5,10H,3,6-9H2,1-2H3. The predicted octanol–water partition coefficient (Wildman–Crippen LogP) is 1.61. The molecule has 0 aliphatic carbocycles. The van der Waals surface area contributed by atoms with Gasteiger partial charge >= 0.3 is 0 Å². The van der Waals surface area contributed by atoms with Gasteiger partial charge in [0, 0.05) is 31.7 Å². The second-order valence-electron chi connectivity index (χ2n) is 4.67. The van der Waals surface area contributed by atoms with Crippen LogP contribution in [0.4, 0.5) is 4.39 Å². The number of hydrogen-bond acceptors (Lipinski definition) is 3. The van der Waals surface area contributed by atoms with E-state index in [-0.39, 0.29) is 11.7 Å². The molecule has 0 N–H and O–H groups in total. The first-order chi connectivity index (χ1) is 9.11. The Hall–Kier alpha value is -1.62. The van der Waals surface area contributed by atoms with Crippen LogP contribution in [0.1, 0.15) is 17.3 Å². The Morgan fingerprint density at radius 1 is 1.32 bits per heavy atom. The highest BCUT2D eigenvalue weighted by molar-refractivity contribution is 5.94. The highest BCUT2D eigenvalue weighted by atomic mass is 19.1. The molecule has 1 heterocycles. The summed E-state index contributed by atoms with van der Waals surface area (Å²) in [6.45, 7) is 5.27. The molecular weight excluding hydrogens is 247 g/mol. The molecule has 0 spiro atoms. The Balaban J connectivity index is 2.09. The van der Waals surface area contributed by atoms with E-state index in [2.05, 4.69) is 4.90 Å². The fourth-order valence-corrected chi connectivity index (χ4v) is 2.10. The third-order valence-electron chi connectivity index (χ3n) is 3.27. The number of ether oxygens (including phenoxy) is 1. The van der Waals surface area contributed by atoms with Crippen molar-refractivity contribution in [2.45, 2.75) is 6.92 Å². The quantitative estimate of drug-likeness (QED) is 0.833. The van der Waals surface area contributed by atoms with Gasteiger partial charge in [-0.1, -0.05) is 0 Å². The first-order valence-electron chi connectivity index (χ1n) is 6.52. The molecule has 1 fully saturated rings. The van der Waals surface area contributed by atoms with Crippen LogP contribution in [0.2, 0.25) is 0 Å². The molecule has 19 heavy (non-hydrogen) atoms. The van der Waals surface area contributed by atoms with E-state index in [9.17, 15) is 9.18 Å². The summed E-state index contributed by atoms with van der Waals surface area (Å²) in [4.78, 5) is 16.2. The Labute approximate surface area is 112 Å². The minimum atomic E-state index is -0.484. The van der Waals surface area contributed by atoms with E-state index in [1.165, 1.54) is 12.1 Å². The van der Waals surface area contributed by atoms with Crippen LogP contribution >= 0.6 is 0 Å². The second-order valence-corrected chi connectivity index (χ2v) is 4.67. The molecule has 1 aliphatic rings. The molecule has 1 aromatic rings.